The Morgan fingerprint density at radius 3 is 2.43 bits per heavy atom. The highest BCUT2D eigenvalue weighted by molar-refractivity contribution is 5.94. The number of carbonyl (C=O) groups is 1. The van der Waals surface area contributed by atoms with E-state index in [0.29, 0.717) is 6.54 Å². The molecular formula is C16H25N3O2. The Morgan fingerprint density at radius 1 is 1.19 bits per heavy atom. The molecule has 0 atom stereocenters. The lowest BCUT2D eigenvalue weighted by molar-refractivity contribution is 0.0565. The average molecular weight is 291 g/mol. The molecule has 5 heteroatoms. The van der Waals surface area contributed by atoms with Gasteiger partial charge in [0.05, 0.1) is 6.61 Å². The molecule has 0 radical (unpaired) electrons. The molecule has 0 saturated carbocycles. The maximum atomic E-state index is 12.4. The molecule has 1 aliphatic heterocycles. The lowest BCUT2D eigenvalue weighted by atomic mass is 10.1. The summed E-state index contributed by atoms with van der Waals surface area (Å²) in [6.45, 7) is 8.38. The van der Waals surface area contributed by atoms with Gasteiger partial charge in [-0.15, -0.1) is 0 Å². The highest BCUT2D eigenvalue weighted by Gasteiger charge is 2.21. The molecule has 2 rings (SSSR count). The lowest BCUT2D eigenvalue weighted by Gasteiger charge is -2.34. The van der Waals surface area contributed by atoms with Gasteiger partial charge in [0.1, 0.15) is 0 Å². The topological polar surface area (TPSA) is 58.8 Å². The molecule has 5 nitrogen and oxygen atoms in total. The standard InChI is InChI=1S/C16H25N3O2/c1-2-21-12-11-18-7-9-19(10-8-18)16(20)15-5-3-14(13-17)4-6-15/h3-6H,2,7-13,17H2,1H3. The molecule has 1 saturated heterocycles. The van der Waals surface area contributed by atoms with Crippen LogP contribution in [0.4, 0.5) is 0 Å². The first-order valence-electron chi connectivity index (χ1n) is 7.63. The third-order valence-corrected chi connectivity index (χ3v) is 3.85. The van der Waals surface area contributed by atoms with Gasteiger partial charge in [0.2, 0.25) is 0 Å². The molecule has 0 aromatic heterocycles. The lowest BCUT2D eigenvalue weighted by Crippen LogP contribution is -2.49. The van der Waals surface area contributed by atoms with E-state index in [0.717, 1.165) is 57.1 Å². The van der Waals surface area contributed by atoms with Gasteiger partial charge in [0.15, 0.2) is 0 Å². The van der Waals surface area contributed by atoms with Crippen LogP contribution in [0.2, 0.25) is 0 Å². The second-order valence-corrected chi connectivity index (χ2v) is 5.23. The molecule has 21 heavy (non-hydrogen) atoms. The first-order chi connectivity index (χ1) is 10.2. The largest absolute Gasteiger partial charge is 0.380 e. The summed E-state index contributed by atoms with van der Waals surface area (Å²) >= 11 is 0. The van der Waals surface area contributed by atoms with Gasteiger partial charge in [-0.3, -0.25) is 9.69 Å². The average Bonchev–Trinajstić information content (AvgIpc) is 2.55. The van der Waals surface area contributed by atoms with Crippen LogP contribution >= 0.6 is 0 Å². The van der Waals surface area contributed by atoms with Gasteiger partial charge in [0, 0.05) is 51.4 Å². The fourth-order valence-electron chi connectivity index (χ4n) is 2.48. The van der Waals surface area contributed by atoms with Crippen LogP contribution in [0.25, 0.3) is 0 Å². The molecule has 0 spiro atoms. The fraction of sp³-hybridized carbons (Fsp3) is 0.562. The Kier molecular flexibility index (Phi) is 6.17. The van der Waals surface area contributed by atoms with Crippen molar-refractivity contribution in [1.29, 1.82) is 0 Å². The third-order valence-electron chi connectivity index (χ3n) is 3.85. The number of nitrogens with two attached hydrogens (primary N) is 1. The number of amides is 1. The molecule has 1 fully saturated rings. The van der Waals surface area contributed by atoms with Crippen LogP contribution < -0.4 is 5.73 Å². The maximum Gasteiger partial charge on any atom is 0.253 e. The summed E-state index contributed by atoms with van der Waals surface area (Å²) in [5, 5.41) is 0. The Hall–Kier alpha value is -1.43. The van der Waals surface area contributed by atoms with Crippen molar-refractivity contribution >= 4 is 5.91 Å². The van der Waals surface area contributed by atoms with Gasteiger partial charge in [-0.25, -0.2) is 0 Å². The highest BCUT2D eigenvalue weighted by Crippen LogP contribution is 2.10. The number of hydrogen-bond donors (Lipinski definition) is 1. The van der Waals surface area contributed by atoms with Crippen LogP contribution in [0, 0.1) is 0 Å². The van der Waals surface area contributed by atoms with Crippen LogP contribution in [-0.4, -0.2) is 61.6 Å². The number of nitrogens with zero attached hydrogens (tertiary/aromatic N) is 2. The van der Waals surface area contributed by atoms with E-state index in [-0.39, 0.29) is 5.91 Å². The SMILES string of the molecule is CCOCCN1CCN(C(=O)c2ccc(CN)cc2)CC1. The first kappa shape index (κ1) is 15.9. The molecule has 1 aliphatic rings. The summed E-state index contributed by atoms with van der Waals surface area (Å²) in [6, 6.07) is 7.58. The zero-order valence-corrected chi connectivity index (χ0v) is 12.8. The molecule has 1 amide bonds. The Balaban J connectivity index is 1.82. The van der Waals surface area contributed by atoms with Gasteiger partial charge < -0.3 is 15.4 Å². The van der Waals surface area contributed by atoms with Crippen molar-refractivity contribution < 1.29 is 9.53 Å². The Morgan fingerprint density at radius 2 is 1.86 bits per heavy atom. The molecular weight excluding hydrogens is 266 g/mol. The van der Waals surface area contributed by atoms with Crippen LogP contribution in [0.5, 0.6) is 0 Å². The van der Waals surface area contributed by atoms with E-state index >= 15 is 0 Å². The van der Waals surface area contributed by atoms with Crippen molar-refractivity contribution in [3.8, 4) is 0 Å². The summed E-state index contributed by atoms with van der Waals surface area (Å²) < 4.78 is 5.37. The van der Waals surface area contributed by atoms with Crippen LogP contribution in [0.3, 0.4) is 0 Å². The minimum atomic E-state index is 0.114. The van der Waals surface area contributed by atoms with Crippen molar-refractivity contribution in [2.45, 2.75) is 13.5 Å². The second-order valence-electron chi connectivity index (χ2n) is 5.23. The van der Waals surface area contributed by atoms with Crippen LogP contribution in [0.1, 0.15) is 22.8 Å². The number of rotatable bonds is 6. The second kappa shape index (κ2) is 8.12. The summed E-state index contributed by atoms with van der Waals surface area (Å²) in [5.41, 5.74) is 7.37. The number of piperazine rings is 1. The van der Waals surface area contributed by atoms with Crippen LogP contribution in [-0.2, 0) is 11.3 Å². The third kappa shape index (κ3) is 4.52. The van der Waals surface area contributed by atoms with Gasteiger partial charge in [-0.1, -0.05) is 12.1 Å². The predicted molar refractivity (Wildman–Crippen MR) is 83.2 cm³/mol. The number of hydrogen-bond acceptors (Lipinski definition) is 4. The van der Waals surface area contributed by atoms with Crippen molar-refractivity contribution in [2.24, 2.45) is 5.73 Å². The van der Waals surface area contributed by atoms with E-state index in [2.05, 4.69) is 4.90 Å². The Bertz CT molecular complexity index is 439. The van der Waals surface area contributed by atoms with E-state index < -0.39 is 0 Å². The molecule has 0 unspecified atom stereocenters. The van der Waals surface area contributed by atoms with E-state index in [9.17, 15) is 4.79 Å². The molecule has 1 heterocycles. The van der Waals surface area contributed by atoms with E-state index in [1.807, 2.05) is 36.1 Å². The van der Waals surface area contributed by atoms with Gasteiger partial charge >= 0.3 is 0 Å². The fourth-order valence-corrected chi connectivity index (χ4v) is 2.48. The zero-order chi connectivity index (χ0) is 15.1. The Labute approximate surface area is 126 Å². The van der Waals surface area contributed by atoms with Gasteiger partial charge in [-0.05, 0) is 24.6 Å². The predicted octanol–water partition coefficient (Wildman–Crippen LogP) is 0.940. The van der Waals surface area contributed by atoms with E-state index in [1.165, 1.54) is 0 Å². The van der Waals surface area contributed by atoms with Crippen molar-refractivity contribution in [1.82, 2.24) is 9.80 Å². The van der Waals surface area contributed by atoms with Crippen molar-refractivity contribution in [3.63, 3.8) is 0 Å². The molecule has 1 aromatic rings. The number of carbonyl (C=O) groups excluding carboxylic acids is 1. The molecule has 0 bridgehead atoms. The zero-order valence-electron chi connectivity index (χ0n) is 12.8. The molecule has 1 aromatic carbocycles. The number of benzene rings is 1. The monoisotopic (exact) mass is 291 g/mol. The van der Waals surface area contributed by atoms with Crippen LogP contribution in [0.15, 0.2) is 24.3 Å². The normalized spacial score (nSPS) is 16.2. The molecule has 116 valence electrons. The molecule has 0 aliphatic carbocycles. The van der Waals surface area contributed by atoms with Crippen molar-refractivity contribution in [2.75, 3.05) is 45.9 Å². The van der Waals surface area contributed by atoms with Gasteiger partial charge in [0.25, 0.3) is 5.91 Å². The van der Waals surface area contributed by atoms with Gasteiger partial charge in [-0.2, -0.15) is 0 Å². The summed E-state index contributed by atoms with van der Waals surface area (Å²) in [5.74, 6) is 0.114. The summed E-state index contributed by atoms with van der Waals surface area (Å²) in [6.07, 6.45) is 0. The van der Waals surface area contributed by atoms with E-state index in [1.54, 1.807) is 0 Å². The summed E-state index contributed by atoms with van der Waals surface area (Å²) in [4.78, 5) is 16.7. The van der Waals surface area contributed by atoms with Crippen molar-refractivity contribution in [3.05, 3.63) is 35.4 Å². The molecule has 2 N–H and O–H groups in total. The first-order valence-corrected chi connectivity index (χ1v) is 7.63. The summed E-state index contributed by atoms with van der Waals surface area (Å²) in [7, 11) is 0. The number of ether oxygens (including phenoxy) is 1. The highest BCUT2D eigenvalue weighted by atomic mass is 16.5. The smallest absolute Gasteiger partial charge is 0.253 e. The van der Waals surface area contributed by atoms with E-state index in [4.69, 9.17) is 10.5 Å². The minimum absolute atomic E-state index is 0.114. The quantitative estimate of drug-likeness (QED) is 0.793. The minimum Gasteiger partial charge on any atom is -0.380 e. The maximum absolute atomic E-state index is 12.4.